The molecular formula is C17H31ClN2O2. The summed E-state index contributed by atoms with van der Waals surface area (Å²) < 4.78 is 5.27. The second kappa shape index (κ2) is 11.3. The van der Waals surface area contributed by atoms with Crippen LogP contribution in [-0.4, -0.2) is 23.7 Å². The van der Waals surface area contributed by atoms with Crippen LogP contribution in [0.3, 0.4) is 0 Å². The Morgan fingerprint density at radius 3 is 2.18 bits per heavy atom. The van der Waals surface area contributed by atoms with E-state index in [1.54, 1.807) is 19.3 Å². The molecule has 0 aromatic carbocycles. The Hall–Kier alpha value is -1.29. The lowest BCUT2D eigenvalue weighted by Crippen LogP contribution is -2.34. The second-order valence-corrected chi connectivity index (χ2v) is 5.93. The van der Waals surface area contributed by atoms with Crippen LogP contribution in [0, 0.1) is 6.92 Å². The van der Waals surface area contributed by atoms with E-state index >= 15 is 0 Å². The fraction of sp³-hybridized carbons (Fsp3) is 0.647. The van der Waals surface area contributed by atoms with Crippen molar-refractivity contribution in [2.75, 3.05) is 11.9 Å². The molecule has 0 aliphatic carbocycles. The van der Waals surface area contributed by atoms with E-state index in [4.69, 9.17) is 16.3 Å². The van der Waals surface area contributed by atoms with E-state index in [-0.39, 0.29) is 0 Å². The summed E-state index contributed by atoms with van der Waals surface area (Å²) in [6.07, 6.45) is 2.46. The van der Waals surface area contributed by atoms with Gasteiger partial charge in [-0.3, -0.25) is 4.90 Å². The first kappa shape index (κ1) is 23.0. The van der Waals surface area contributed by atoms with Gasteiger partial charge in [-0.2, -0.15) is 0 Å². The molecule has 0 fully saturated rings. The largest absolute Gasteiger partial charge is 0.443 e. The molecule has 0 aliphatic heterocycles. The number of carbonyl (C=O) groups excluding carboxylic acids is 1. The van der Waals surface area contributed by atoms with Crippen LogP contribution in [0.1, 0.15) is 60.5 Å². The van der Waals surface area contributed by atoms with Crippen LogP contribution in [0.25, 0.3) is 0 Å². The topological polar surface area (TPSA) is 42.4 Å². The third kappa shape index (κ3) is 9.61. The van der Waals surface area contributed by atoms with Crippen molar-refractivity contribution in [2.24, 2.45) is 0 Å². The molecule has 0 spiro atoms. The van der Waals surface area contributed by atoms with Crippen LogP contribution < -0.4 is 4.90 Å². The number of hydrogen-bond donors (Lipinski definition) is 0. The fourth-order valence-electron chi connectivity index (χ4n) is 1.28. The summed E-state index contributed by atoms with van der Waals surface area (Å²) in [6.45, 7) is 15.6. The van der Waals surface area contributed by atoms with E-state index in [0.717, 1.165) is 5.56 Å². The van der Waals surface area contributed by atoms with E-state index in [9.17, 15) is 4.79 Å². The summed E-state index contributed by atoms with van der Waals surface area (Å²) in [6, 6.07) is 1.64. The number of nitrogens with zero attached hydrogens (tertiary/aromatic N) is 2. The number of aryl methyl sites for hydroxylation is 1. The summed E-state index contributed by atoms with van der Waals surface area (Å²) in [5.41, 5.74) is 1.04. The van der Waals surface area contributed by atoms with Gasteiger partial charge in [-0.05, 0) is 39.3 Å². The first-order valence-electron chi connectivity index (χ1n) is 7.71. The lowest BCUT2D eigenvalue weighted by atomic mass is 10.2. The highest BCUT2D eigenvalue weighted by molar-refractivity contribution is 6.29. The number of amides is 1. The second-order valence-electron chi connectivity index (χ2n) is 5.54. The molecule has 0 saturated carbocycles. The van der Waals surface area contributed by atoms with Gasteiger partial charge in [-0.1, -0.05) is 45.7 Å². The van der Waals surface area contributed by atoms with E-state index < -0.39 is 11.7 Å². The number of ether oxygens (including phenoxy) is 1. The van der Waals surface area contributed by atoms with Gasteiger partial charge in [-0.15, -0.1) is 0 Å². The summed E-state index contributed by atoms with van der Waals surface area (Å²) in [5.74, 6) is 0. The van der Waals surface area contributed by atoms with Gasteiger partial charge in [0, 0.05) is 13.2 Å². The van der Waals surface area contributed by atoms with Crippen LogP contribution in [0.2, 0.25) is 5.15 Å². The van der Waals surface area contributed by atoms with Crippen LogP contribution in [-0.2, 0) is 4.74 Å². The van der Waals surface area contributed by atoms with Crippen molar-refractivity contribution in [1.29, 1.82) is 0 Å². The monoisotopic (exact) mass is 330 g/mol. The lowest BCUT2D eigenvalue weighted by Gasteiger charge is -2.25. The predicted molar refractivity (Wildman–Crippen MR) is 95.9 cm³/mol. The van der Waals surface area contributed by atoms with Gasteiger partial charge in [-0.25, -0.2) is 9.78 Å². The van der Waals surface area contributed by atoms with Crippen molar-refractivity contribution in [3.8, 4) is 0 Å². The number of rotatable bonds is 1. The average molecular weight is 331 g/mol. The third-order valence-corrected chi connectivity index (χ3v) is 2.28. The first-order valence-corrected chi connectivity index (χ1v) is 8.09. The number of pyridine rings is 1. The van der Waals surface area contributed by atoms with E-state index in [1.165, 1.54) is 11.3 Å². The molecule has 1 aromatic heterocycles. The minimum absolute atomic E-state index is 0.348. The molecule has 4 nitrogen and oxygen atoms in total. The average Bonchev–Trinajstić information content (AvgIpc) is 2.42. The van der Waals surface area contributed by atoms with Crippen molar-refractivity contribution in [3.05, 3.63) is 23.0 Å². The molecule has 0 atom stereocenters. The normalized spacial score (nSPS) is 9.73. The minimum Gasteiger partial charge on any atom is -0.443 e. The molecule has 5 heteroatoms. The highest BCUT2D eigenvalue weighted by atomic mass is 35.5. The molecule has 0 radical (unpaired) electrons. The van der Waals surface area contributed by atoms with Crippen LogP contribution in [0.4, 0.5) is 10.5 Å². The zero-order valence-corrected chi connectivity index (χ0v) is 16.2. The number of halogens is 1. The van der Waals surface area contributed by atoms with E-state index in [2.05, 4.69) is 18.8 Å². The maximum Gasteiger partial charge on any atom is 0.414 e. The lowest BCUT2D eigenvalue weighted by molar-refractivity contribution is 0.0589. The summed E-state index contributed by atoms with van der Waals surface area (Å²) in [5, 5.41) is 0.348. The quantitative estimate of drug-likeness (QED) is 0.606. The van der Waals surface area contributed by atoms with Gasteiger partial charge < -0.3 is 4.74 Å². The molecule has 0 unspecified atom stereocenters. The third-order valence-electron chi connectivity index (χ3n) is 2.07. The summed E-state index contributed by atoms with van der Waals surface area (Å²) in [7, 11) is 1.65. The first-order chi connectivity index (χ1) is 10.1. The van der Waals surface area contributed by atoms with Crippen molar-refractivity contribution >= 4 is 23.4 Å². The van der Waals surface area contributed by atoms with Gasteiger partial charge in [0.05, 0.1) is 5.69 Å². The Kier molecular flexibility index (Phi) is 11.8. The van der Waals surface area contributed by atoms with Crippen LogP contribution in [0.5, 0.6) is 0 Å². The Bertz CT molecular complexity index is 443. The van der Waals surface area contributed by atoms with Gasteiger partial charge in [0.1, 0.15) is 10.8 Å². The number of aromatic nitrogens is 1. The highest BCUT2D eigenvalue weighted by Crippen LogP contribution is 2.23. The highest BCUT2D eigenvalue weighted by Gasteiger charge is 2.21. The number of anilines is 1. The molecule has 1 heterocycles. The van der Waals surface area contributed by atoms with Crippen LogP contribution >= 0.6 is 11.6 Å². The molecule has 0 aliphatic rings. The minimum atomic E-state index is -0.518. The zero-order chi connectivity index (χ0) is 17.9. The van der Waals surface area contributed by atoms with Gasteiger partial charge in [0.25, 0.3) is 0 Å². The van der Waals surface area contributed by atoms with Gasteiger partial charge >= 0.3 is 6.09 Å². The smallest absolute Gasteiger partial charge is 0.414 e. The summed E-state index contributed by atoms with van der Waals surface area (Å²) >= 11 is 5.81. The Balaban J connectivity index is 0. The fourth-order valence-corrected chi connectivity index (χ4v) is 1.43. The molecule has 128 valence electrons. The molecule has 1 rings (SSSR count). The zero-order valence-electron chi connectivity index (χ0n) is 15.5. The van der Waals surface area contributed by atoms with Crippen molar-refractivity contribution in [2.45, 2.75) is 67.4 Å². The molecule has 22 heavy (non-hydrogen) atoms. The standard InChI is InChI=1S/C12H17ClN2O2.C3H8.C2H6/c1-8-7-14-10(13)6-9(8)15(5)11(16)17-12(2,3)4;1-3-2;1-2/h6-7H,1-5H3;3H2,1-2H3;1-2H3. The Morgan fingerprint density at radius 2 is 1.77 bits per heavy atom. The number of carbonyl (C=O) groups is 1. The maximum atomic E-state index is 11.9. The van der Waals surface area contributed by atoms with Crippen LogP contribution in [0.15, 0.2) is 12.3 Å². The Labute approximate surface area is 140 Å². The van der Waals surface area contributed by atoms with Gasteiger partial charge in [0.15, 0.2) is 0 Å². The molecule has 0 bridgehead atoms. The van der Waals surface area contributed by atoms with Crippen molar-refractivity contribution in [1.82, 2.24) is 4.98 Å². The van der Waals surface area contributed by atoms with E-state index in [0.29, 0.717) is 10.8 Å². The maximum absolute atomic E-state index is 11.9. The van der Waals surface area contributed by atoms with E-state index in [1.807, 2.05) is 41.5 Å². The van der Waals surface area contributed by atoms with Crippen molar-refractivity contribution in [3.63, 3.8) is 0 Å². The summed E-state index contributed by atoms with van der Waals surface area (Å²) in [4.78, 5) is 17.2. The molecule has 0 N–H and O–H groups in total. The molecule has 0 saturated heterocycles. The number of hydrogen-bond acceptors (Lipinski definition) is 3. The van der Waals surface area contributed by atoms with Gasteiger partial charge in [0.2, 0.25) is 0 Å². The van der Waals surface area contributed by atoms with Crippen molar-refractivity contribution < 1.29 is 9.53 Å². The Morgan fingerprint density at radius 1 is 1.32 bits per heavy atom. The molecule has 1 aromatic rings. The molecule has 1 amide bonds. The predicted octanol–water partition coefficient (Wildman–Crippen LogP) is 5.86. The molecular weight excluding hydrogens is 300 g/mol. The SMILES string of the molecule is CC.CCC.Cc1cnc(Cl)cc1N(C)C(=O)OC(C)(C)C.